The first-order chi connectivity index (χ1) is 20.6. The summed E-state index contributed by atoms with van der Waals surface area (Å²) in [6.45, 7) is 3.09. The number of carbonyl (C=O) groups is 2. The third-order valence-corrected chi connectivity index (χ3v) is 8.91. The lowest BCUT2D eigenvalue weighted by Crippen LogP contribution is -2.50. The van der Waals surface area contributed by atoms with Crippen LogP contribution in [0.5, 0.6) is 5.75 Å². The number of likely N-dealkylation sites (N-methyl/N-ethyl adjacent to an activating group) is 1. The molecule has 1 aliphatic rings. The molecule has 2 heterocycles. The summed E-state index contributed by atoms with van der Waals surface area (Å²) in [5, 5.41) is 14.7. The molecule has 44 heavy (non-hydrogen) atoms. The summed E-state index contributed by atoms with van der Waals surface area (Å²) in [5.74, 6) is -0.958. The Kier molecular flexibility index (Phi) is 9.56. The molecule has 0 spiro atoms. The van der Waals surface area contributed by atoms with Crippen molar-refractivity contribution in [1.82, 2.24) is 18.8 Å². The quantitative estimate of drug-likeness (QED) is 0.342. The van der Waals surface area contributed by atoms with Gasteiger partial charge in [0.1, 0.15) is 6.10 Å². The SMILES string of the molecule is C[C@H]1CN([C@@H](C)CO)C(=O)c2cccc(NC(=O)Nc3ccc(C(F)(F)F)cc3)c2O[C@@H]1CN(C)S(=O)(=O)c1cn(C)cn1. The summed E-state index contributed by atoms with van der Waals surface area (Å²) >= 11 is 0. The fourth-order valence-corrected chi connectivity index (χ4v) is 5.76. The van der Waals surface area contributed by atoms with Crippen LogP contribution in [0.3, 0.4) is 0 Å². The molecule has 0 fully saturated rings. The Labute approximate surface area is 252 Å². The Morgan fingerprint density at radius 2 is 1.89 bits per heavy atom. The molecule has 1 aromatic heterocycles. The Morgan fingerprint density at radius 1 is 1.20 bits per heavy atom. The first-order valence-corrected chi connectivity index (χ1v) is 15.0. The molecule has 0 radical (unpaired) electrons. The van der Waals surface area contributed by atoms with E-state index in [2.05, 4.69) is 15.6 Å². The molecule has 2 aromatic carbocycles. The van der Waals surface area contributed by atoms with E-state index in [9.17, 15) is 36.3 Å². The van der Waals surface area contributed by atoms with E-state index in [1.54, 1.807) is 20.9 Å². The average Bonchev–Trinajstić information content (AvgIpc) is 3.41. The van der Waals surface area contributed by atoms with Crippen LogP contribution in [-0.2, 0) is 23.2 Å². The van der Waals surface area contributed by atoms with Crippen LogP contribution in [0.2, 0.25) is 0 Å². The predicted molar refractivity (Wildman–Crippen MR) is 155 cm³/mol. The van der Waals surface area contributed by atoms with Crippen LogP contribution < -0.4 is 15.4 Å². The highest BCUT2D eigenvalue weighted by atomic mass is 32.2. The standard InChI is InChI=1S/C28H33F3N6O6S/c1-17-12-37(18(2)15-38)26(39)21-6-5-7-22(34-27(40)33-20-10-8-19(9-11-20)28(29,30)31)25(21)43-23(17)13-36(4)44(41,42)24-14-35(3)16-32-24/h5-11,14,16-18,23,38H,12-13,15H2,1-4H3,(H2,33,34,40)/t17-,18-,23+/m0/s1. The normalized spacial score (nSPS) is 18.2. The van der Waals surface area contributed by atoms with E-state index in [0.717, 1.165) is 28.6 Å². The van der Waals surface area contributed by atoms with Gasteiger partial charge in [0.2, 0.25) is 0 Å². The number of urea groups is 1. The van der Waals surface area contributed by atoms with Gasteiger partial charge in [-0.05, 0) is 43.3 Å². The molecule has 0 saturated carbocycles. The lowest BCUT2D eigenvalue weighted by Gasteiger charge is -2.38. The number of amides is 3. The minimum Gasteiger partial charge on any atom is -0.486 e. The molecule has 4 rings (SSSR count). The number of aliphatic hydroxyl groups excluding tert-OH is 1. The number of para-hydroxylation sites is 1. The number of aliphatic hydroxyl groups is 1. The van der Waals surface area contributed by atoms with Crippen molar-refractivity contribution in [2.45, 2.75) is 37.2 Å². The predicted octanol–water partition coefficient (Wildman–Crippen LogP) is 3.62. The third-order valence-electron chi connectivity index (χ3n) is 7.20. The molecule has 0 aliphatic carbocycles. The summed E-state index contributed by atoms with van der Waals surface area (Å²) in [6.07, 6.45) is -2.64. The molecule has 238 valence electrons. The van der Waals surface area contributed by atoms with E-state index in [1.165, 1.54) is 47.2 Å². The van der Waals surface area contributed by atoms with Crippen LogP contribution in [0.15, 0.2) is 60.0 Å². The molecule has 3 amide bonds. The van der Waals surface area contributed by atoms with Crippen LogP contribution >= 0.6 is 0 Å². The molecule has 0 unspecified atom stereocenters. The summed E-state index contributed by atoms with van der Waals surface area (Å²) in [4.78, 5) is 31.9. The molecule has 12 nitrogen and oxygen atoms in total. The van der Waals surface area contributed by atoms with E-state index in [0.29, 0.717) is 0 Å². The Hall–Kier alpha value is -4.15. The number of halogens is 3. The Balaban J connectivity index is 1.65. The number of hydrogen-bond donors (Lipinski definition) is 3. The zero-order valence-corrected chi connectivity index (χ0v) is 25.2. The van der Waals surface area contributed by atoms with Gasteiger partial charge in [0.05, 0.1) is 42.3 Å². The van der Waals surface area contributed by atoms with Crippen LogP contribution in [0.25, 0.3) is 0 Å². The van der Waals surface area contributed by atoms with Gasteiger partial charge in [-0.15, -0.1) is 0 Å². The molecule has 0 bridgehead atoms. The van der Waals surface area contributed by atoms with Gasteiger partial charge in [0.25, 0.3) is 15.9 Å². The van der Waals surface area contributed by atoms with Crippen molar-refractivity contribution in [2.24, 2.45) is 13.0 Å². The summed E-state index contributed by atoms with van der Waals surface area (Å²) < 4.78 is 74.1. The van der Waals surface area contributed by atoms with Gasteiger partial charge in [0.15, 0.2) is 10.8 Å². The summed E-state index contributed by atoms with van der Waals surface area (Å²) in [6, 6.07) is 6.89. The molecule has 16 heteroatoms. The zero-order valence-electron chi connectivity index (χ0n) is 24.4. The summed E-state index contributed by atoms with van der Waals surface area (Å²) in [7, 11) is -0.996. The van der Waals surface area contributed by atoms with Crippen LogP contribution in [0, 0.1) is 5.92 Å². The van der Waals surface area contributed by atoms with Crippen molar-refractivity contribution >= 4 is 33.3 Å². The number of carbonyl (C=O) groups excluding carboxylic acids is 2. The Bertz CT molecular complexity index is 1610. The number of sulfonamides is 1. The fraction of sp³-hybridized carbons (Fsp3) is 0.393. The highest BCUT2D eigenvalue weighted by Gasteiger charge is 2.37. The van der Waals surface area contributed by atoms with Gasteiger partial charge in [-0.1, -0.05) is 13.0 Å². The minimum atomic E-state index is -4.54. The van der Waals surface area contributed by atoms with Crippen LogP contribution in [-0.4, -0.2) is 83.1 Å². The molecular weight excluding hydrogens is 605 g/mol. The van der Waals surface area contributed by atoms with Crippen molar-refractivity contribution in [3.8, 4) is 5.75 Å². The van der Waals surface area contributed by atoms with Gasteiger partial charge in [-0.25, -0.2) is 18.2 Å². The number of benzene rings is 2. The van der Waals surface area contributed by atoms with E-state index >= 15 is 0 Å². The molecular formula is C28H33F3N6O6S. The van der Waals surface area contributed by atoms with Gasteiger partial charge in [0, 0.05) is 38.4 Å². The van der Waals surface area contributed by atoms with Crippen LogP contribution in [0.4, 0.5) is 29.3 Å². The van der Waals surface area contributed by atoms with Gasteiger partial charge >= 0.3 is 12.2 Å². The largest absolute Gasteiger partial charge is 0.486 e. The summed E-state index contributed by atoms with van der Waals surface area (Å²) in [5.41, 5.74) is -0.672. The van der Waals surface area contributed by atoms with Gasteiger partial charge < -0.3 is 29.9 Å². The van der Waals surface area contributed by atoms with Crippen LogP contribution in [0.1, 0.15) is 29.8 Å². The zero-order chi connectivity index (χ0) is 32.4. The minimum absolute atomic E-state index is 0.0320. The first kappa shape index (κ1) is 32.8. The monoisotopic (exact) mass is 638 g/mol. The van der Waals surface area contributed by atoms with Crippen molar-refractivity contribution in [2.75, 3.05) is 37.4 Å². The van der Waals surface area contributed by atoms with E-state index in [1.807, 2.05) is 0 Å². The lowest BCUT2D eigenvalue weighted by atomic mass is 9.99. The van der Waals surface area contributed by atoms with E-state index in [4.69, 9.17) is 4.74 Å². The number of nitrogens with zero attached hydrogens (tertiary/aromatic N) is 4. The smallest absolute Gasteiger partial charge is 0.416 e. The number of imidazole rings is 1. The highest BCUT2D eigenvalue weighted by Crippen LogP contribution is 2.35. The second-order valence-electron chi connectivity index (χ2n) is 10.6. The number of rotatable bonds is 8. The number of aryl methyl sites for hydroxylation is 1. The number of ether oxygens (including phenoxy) is 1. The number of aromatic nitrogens is 2. The van der Waals surface area contributed by atoms with E-state index < -0.39 is 51.8 Å². The van der Waals surface area contributed by atoms with E-state index in [-0.39, 0.29) is 47.4 Å². The highest BCUT2D eigenvalue weighted by molar-refractivity contribution is 7.89. The van der Waals surface area contributed by atoms with Crippen molar-refractivity contribution in [1.29, 1.82) is 0 Å². The molecule has 3 N–H and O–H groups in total. The molecule has 3 aromatic rings. The van der Waals surface area contributed by atoms with Crippen molar-refractivity contribution in [3.05, 3.63) is 66.1 Å². The number of anilines is 2. The maximum absolute atomic E-state index is 13.7. The molecule has 3 atom stereocenters. The topological polar surface area (TPSA) is 146 Å². The average molecular weight is 639 g/mol. The molecule has 0 saturated heterocycles. The van der Waals surface area contributed by atoms with Gasteiger partial charge in [-0.2, -0.15) is 17.5 Å². The maximum atomic E-state index is 13.7. The first-order valence-electron chi connectivity index (χ1n) is 13.5. The second-order valence-corrected chi connectivity index (χ2v) is 12.6. The Morgan fingerprint density at radius 3 is 2.48 bits per heavy atom. The third kappa shape index (κ3) is 7.14. The lowest BCUT2D eigenvalue weighted by molar-refractivity contribution is -0.137. The second kappa shape index (κ2) is 12.8. The maximum Gasteiger partial charge on any atom is 0.416 e. The number of hydrogen-bond acceptors (Lipinski definition) is 7. The molecule has 1 aliphatic heterocycles. The number of nitrogens with one attached hydrogen (secondary N) is 2. The number of fused-ring (bicyclic) bond motifs is 1. The van der Waals surface area contributed by atoms with Gasteiger partial charge in [-0.3, -0.25) is 4.79 Å². The fourth-order valence-electron chi connectivity index (χ4n) is 4.62. The van der Waals surface area contributed by atoms with Crippen molar-refractivity contribution < 1.29 is 41.0 Å². The van der Waals surface area contributed by atoms with Crippen molar-refractivity contribution in [3.63, 3.8) is 0 Å². The number of alkyl halides is 3.